The van der Waals surface area contributed by atoms with Gasteiger partial charge in [0.1, 0.15) is 0 Å². The van der Waals surface area contributed by atoms with Crippen molar-refractivity contribution in [2.24, 2.45) is 5.92 Å². The van der Waals surface area contributed by atoms with E-state index in [9.17, 15) is 0 Å². The molecule has 0 aromatic heterocycles. The van der Waals surface area contributed by atoms with Gasteiger partial charge in [-0.1, -0.05) is 6.92 Å². The van der Waals surface area contributed by atoms with Gasteiger partial charge in [-0.2, -0.15) is 0 Å². The standard InChI is InChI=1S/C11H24N2/c1-3-10(2)13-8-6-11-5-4-7-12-9-11/h10-13H,3-9H2,1-2H3. The fourth-order valence-electron chi connectivity index (χ4n) is 1.85. The zero-order valence-electron chi connectivity index (χ0n) is 9.10. The number of nitrogens with one attached hydrogen (secondary N) is 2. The van der Waals surface area contributed by atoms with Crippen molar-refractivity contribution in [2.75, 3.05) is 19.6 Å². The number of hydrogen-bond acceptors (Lipinski definition) is 2. The molecule has 0 bridgehead atoms. The molecule has 0 aromatic rings. The molecule has 1 rings (SSSR count). The molecule has 13 heavy (non-hydrogen) atoms. The molecule has 0 amide bonds. The van der Waals surface area contributed by atoms with Gasteiger partial charge in [-0.05, 0) is 58.2 Å². The van der Waals surface area contributed by atoms with Gasteiger partial charge in [-0.15, -0.1) is 0 Å². The average molecular weight is 184 g/mol. The van der Waals surface area contributed by atoms with E-state index in [4.69, 9.17) is 0 Å². The van der Waals surface area contributed by atoms with Gasteiger partial charge in [-0.25, -0.2) is 0 Å². The third kappa shape index (κ3) is 4.63. The van der Waals surface area contributed by atoms with E-state index in [-0.39, 0.29) is 0 Å². The highest BCUT2D eigenvalue weighted by Crippen LogP contribution is 2.12. The predicted molar refractivity (Wildman–Crippen MR) is 58.0 cm³/mol. The van der Waals surface area contributed by atoms with Crippen LogP contribution in [0.15, 0.2) is 0 Å². The summed E-state index contributed by atoms with van der Waals surface area (Å²) in [6.07, 6.45) is 5.38. The quantitative estimate of drug-likeness (QED) is 0.680. The Bertz CT molecular complexity index is 119. The molecule has 2 heteroatoms. The van der Waals surface area contributed by atoms with Crippen LogP contribution in [0.3, 0.4) is 0 Å². The van der Waals surface area contributed by atoms with Crippen molar-refractivity contribution >= 4 is 0 Å². The normalized spacial score (nSPS) is 25.8. The molecule has 1 aliphatic heterocycles. The lowest BCUT2D eigenvalue weighted by Crippen LogP contribution is -2.33. The van der Waals surface area contributed by atoms with Crippen LogP contribution in [0.25, 0.3) is 0 Å². The first-order chi connectivity index (χ1) is 6.33. The summed E-state index contributed by atoms with van der Waals surface area (Å²) in [6.45, 7) is 8.16. The number of piperidine rings is 1. The SMILES string of the molecule is CCC(C)NCCC1CCCNC1. The Hall–Kier alpha value is -0.0800. The monoisotopic (exact) mass is 184 g/mol. The lowest BCUT2D eigenvalue weighted by molar-refractivity contribution is 0.345. The van der Waals surface area contributed by atoms with Crippen LogP contribution in [0.5, 0.6) is 0 Å². The van der Waals surface area contributed by atoms with Gasteiger partial charge >= 0.3 is 0 Å². The van der Waals surface area contributed by atoms with Crippen LogP contribution >= 0.6 is 0 Å². The zero-order chi connectivity index (χ0) is 9.52. The second-order valence-electron chi connectivity index (χ2n) is 4.26. The zero-order valence-corrected chi connectivity index (χ0v) is 9.10. The first-order valence-corrected chi connectivity index (χ1v) is 5.77. The molecule has 1 aliphatic rings. The maximum absolute atomic E-state index is 3.55. The Kier molecular flexibility index (Phi) is 5.40. The summed E-state index contributed by atoms with van der Waals surface area (Å²) in [4.78, 5) is 0. The van der Waals surface area contributed by atoms with Crippen molar-refractivity contribution in [2.45, 2.75) is 45.6 Å². The summed E-state index contributed by atoms with van der Waals surface area (Å²) in [5.74, 6) is 0.922. The van der Waals surface area contributed by atoms with E-state index in [0.29, 0.717) is 6.04 Å². The first kappa shape index (κ1) is 11.0. The van der Waals surface area contributed by atoms with E-state index in [1.807, 2.05) is 0 Å². The van der Waals surface area contributed by atoms with E-state index in [2.05, 4.69) is 24.5 Å². The van der Waals surface area contributed by atoms with Gasteiger partial charge in [0, 0.05) is 6.04 Å². The third-order valence-corrected chi connectivity index (χ3v) is 3.06. The maximum Gasteiger partial charge on any atom is 0.00361 e. The van der Waals surface area contributed by atoms with Crippen molar-refractivity contribution in [1.82, 2.24) is 10.6 Å². The molecular formula is C11H24N2. The van der Waals surface area contributed by atoms with Crippen molar-refractivity contribution in [3.8, 4) is 0 Å². The van der Waals surface area contributed by atoms with Crippen LogP contribution in [0, 0.1) is 5.92 Å². The minimum Gasteiger partial charge on any atom is -0.316 e. The van der Waals surface area contributed by atoms with Gasteiger partial charge in [0.25, 0.3) is 0 Å². The molecular weight excluding hydrogens is 160 g/mol. The van der Waals surface area contributed by atoms with Crippen molar-refractivity contribution in [3.05, 3.63) is 0 Å². The molecule has 0 aromatic carbocycles. The lowest BCUT2D eigenvalue weighted by Gasteiger charge is -2.23. The van der Waals surface area contributed by atoms with Crippen molar-refractivity contribution in [3.63, 3.8) is 0 Å². The molecule has 78 valence electrons. The Balaban J connectivity index is 1.98. The van der Waals surface area contributed by atoms with E-state index >= 15 is 0 Å². The number of hydrogen-bond donors (Lipinski definition) is 2. The van der Waals surface area contributed by atoms with Crippen molar-refractivity contribution in [1.29, 1.82) is 0 Å². The second kappa shape index (κ2) is 6.39. The highest BCUT2D eigenvalue weighted by Gasteiger charge is 2.12. The van der Waals surface area contributed by atoms with Gasteiger partial charge in [0.2, 0.25) is 0 Å². The van der Waals surface area contributed by atoms with E-state index < -0.39 is 0 Å². The fraction of sp³-hybridized carbons (Fsp3) is 1.00. The maximum atomic E-state index is 3.55. The lowest BCUT2D eigenvalue weighted by atomic mass is 9.96. The Labute approximate surface area is 82.5 Å². The van der Waals surface area contributed by atoms with Crippen LogP contribution in [0.4, 0.5) is 0 Å². The summed E-state index contributed by atoms with van der Waals surface area (Å²) in [7, 11) is 0. The number of rotatable bonds is 5. The highest BCUT2D eigenvalue weighted by atomic mass is 14.9. The summed E-state index contributed by atoms with van der Waals surface area (Å²) >= 11 is 0. The minimum atomic E-state index is 0.691. The largest absolute Gasteiger partial charge is 0.316 e. The fourth-order valence-corrected chi connectivity index (χ4v) is 1.85. The van der Waals surface area contributed by atoms with E-state index in [1.54, 1.807) is 0 Å². The van der Waals surface area contributed by atoms with Gasteiger partial charge in [0.15, 0.2) is 0 Å². The molecule has 0 saturated carbocycles. The molecule has 0 radical (unpaired) electrons. The van der Waals surface area contributed by atoms with Crippen molar-refractivity contribution < 1.29 is 0 Å². The molecule has 2 unspecified atom stereocenters. The molecule has 2 nitrogen and oxygen atoms in total. The predicted octanol–water partition coefficient (Wildman–Crippen LogP) is 1.76. The smallest absolute Gasteiger partial charge is 0.00361 e. The molecule has 1 fully saturated rings. The highest BCUT2D eigenvalue weighted by molar-refractivity contribution is 4.70. The first-order valence-electron chi connectivity index (χ1n) is 5.77. The Morgan fingerprint density at radius 3 is 3.00 bits per heavy atom. The summed E-state index contributed by atoms with van der Waals surface area (Å²) in [5, 5.41) is 7.01. The van der Waals surface area contributed by atoms with Gasteiger partial charge < -0.3 is 10.6 Å². The molecule has 2 N–H and O–H groups in total. The van der Waals surface area contributed by atoms with Crippen LogP contribution in [-0.4, -0.2) is 25.7 Å². The molecule has 0 spiro atoms. The molecule has 0 aliphatic carbocycles. The Morgan fingerprint density at radius 1 is 1.54 bits per heavy atom. The van der Waals surface area contributed by atoms with Gasteiger partial charge in [0.05, 0.1) is 0 Å². The van der Waals surface area contributed by atoms with E-state index in [1.165, 1.54) is 45.3 Å². The molecule has 1 saturated heterocycles. The topological polar surface area (TPSA) is 24.1 Å². The average Bonchev–Trinajstić information content (AvgIpc) is 2.19. The third-order valence-electron chi connectivity index (χ3n) is 3.06. The van der Waals surface area contributed by atoms with Crippen LogP contribution in [0.1, 0.15) is 39.5 Å². The summed E-state index contributed by atoms with van der Waals surface area (Å²) < 4.78 is 0. The van der Waals surface area contributed by atoms with E-state index in [0.717, 1.165) is 5.92 Å². The molecule has 1 heterocycles. The summed E-state index contributed by atoms with van der Waals surface area (Å²) in [6, 6.07) is 0.691. The Morgan fingerprint density at radius 2 is 2.38 bits per heavy atom. The summed E-state index contributed by atoms with van der Waals surface area (Å²) in [5.41, 5.74) is 0. The molecule has 2 atom stereocenters. The van der Waals surface area contributed by atoms with Crippen LogP contribution < -0.4 is 10.6 Å². The van der Waals surface area contributed by atoms with Gasteiger partial charge in [-0.3, -0.25) is 0 Å². The minimum absolute atomic E-state index is 0.691. The second-order valence-corrected chi connectivity index (χ2v) is 4.26. The van der Waals surface area contributed by atoms with Crippen LogP contribution in [0.2, 0.25) is 0 Å². The van der Waals surface area contributed by atoms with Crippen LogP contribution in [-0.2, 0) is 0 Å².